The van der Waals surface area contributed by atoms with Crippen LogP contribution in [-0.2, 0) is 11.7 Å². The summed E-state index contributed by atoms with van der Waals surface area (Å²) in [6, 6.07) is 5.52. The highest BCUT2D eigenvalue weighted by Crippen LogP contribution is 2.08. The molecule has 2 heterocycles. The van der Waals surface area contributed by atoms with Gasteiger partial charge in [0.1, 0.15) is 6.61 Å². The van der Waals surface area contributed by atoms with Crippen LogP contribution < -0.4 is 0 Å². The number of hydrogen-bond donors (Lipinski definition) is 0. The van der Waals surface area contributed by atoms with Crippen LogP contribution in [0.25, 0.3) is 5.52 Å². The summed E-state index contributed by atoms with van der Waals surface area (Å²) in [4.78, 5) is 0. The van der Waals surface area contributed by atoms with Crippen LogP contribution in [0.3, 0.4) is 0 Å². The van der Waals surface area contributed by atoms with Crippen LogP contribution in [0.4, 0.5) is 0 Å². The highest BCUT2D eigenvalue weighted by Gasteiger charge is 1.98. The highest BCUT2D eigenvalue weighted by atomic mass is 16.3. The van der Waals surface area contributed by atoms with E-state index in [0.717, 1.165) is 11.1 Å². The number of nitrogens with zero attached hydrogens (tertiary/aromatic N) is 2. The Morgan fingerprint density at radius 2 is 2.36 bits per heavy atom. The lowest BCUT2D eigenvalue weighted by Gasteiger charge is -1.96. The Bertz CT molecular complexity index is 367. The normalized spacial score (nSPS) is 10.6. The van der Waals surface area contributed by atoms with E-state index in [1.807, 2.05) is 18.3 Å². The molecule has 0 atom stereocenters. The zero-order chi connectivity index (χ0) is 7.68. The lowest BCUT2D eigenvalue weighted by Crippen LogP contribution is -1.92. The molecule has 1 radical (unpaired) electrons. The fraction of sp³-hybridized carbons (Fsp3) is 0.125. The van der Waals surface area contributed by atoms with Crippen LogP contribution in [0.1, 0.15) is 5.56 Å². The van der Waals surface area contributed by atoms with Crippen molar-refractivity contribution in [3.8, 4) is 0 Å². The van der Waals surface area contributed by atoms with Crippen molar-refractivity contribution in [1.29, 1.82) is 0 Å². The van der Waals surface area contributed by atoms with Gasteiger partial charge in [0.25, 0.3) is 0 Å². The first-order valence-electron chi connectivity index (χ1n) is 3.41. The van der Waals surface area contributed by atoms with Gasteiger partial charge in [-0.1, -0.05) is 0 Å². The standard InChI is InChI=1S/C8H7N2O/c11-6-7-3-4-9-10-5-1-2-8(7)10/h1-5H,6H2. The minimum absolute atomic E-state index is 0.184. The van der Waals surface area contributed by atoms with Crippen molar-refractivity contribution < 1.29 is 5.11 Å². The minimum atomic E-state index is -0.184. The molecule has 2 aromatic rings. The van der Waals surface area contributed by atoms with E-state index >= 15 is 0 Å². The Kier molecular flexibility index (Phi) is 1.36. The van der Waals surface area contributed by atoms with E-state index < -0.39 is 0 Å². The molecule has 0 saturated heterocycles. The maximum absolute atomic E-state index is 10.6. The van der Waals surface area contributed by atoms with Crippen molar-refractivity contribution >= 4 is 5.52 Å². The zero-order valence-electron chi connectivity index (χ0n) is 5.90. The SMILES string of the molecule is [O]Cc1ccnn2cccc12. The van der Waals surface area contributed by atoms with E-state index in [1.54, 1.807) is 16.8 Å². The molecule has 0 fully saturated rings. The summed E-state index contributed by atoms with van der Waals surface area (Å²) >= 11 is 0. The molecule has 2 rings (SSSR count). The van der Waals surface area contributed by atoms with E-state index in [9.17, 15) is 5.11 Å². The van der Waals surface area contributed by atoms with Gasteiger partial charge in [0.2, 0.25) is 0 Å². The van der Waals surface area contributed by atoms with E-state index in [4.69, 9.17) is 0 Å². The average molecular weight is 147 g/mol. The third kappa shape index (κ3) is 0.897. The molecule has 55 valence electrons. The number of hydrogen-bond acceptors (Lipinski definition) is 1. The minimum Gasteiger partial charge on any atom is -0.241 e. The monoisotopic (exact) mass is 147 g/mol. The maximum atomic E-state index is 10.6. The van der Waals surface area contributed by atoms with Crippen molar-refractivity contribution in [1.82, 2.24) is 9.61 Å². The number of fused-ring (bicyclic) bond motifs is 1. The van der Waals surface area contributed by atoms with Gasteiger partial charge in [0.15, 0.2) is 0 Å². The van der Waals surface area contributed by atoms with Gasteiger partial charge in [0, 0.05) is 18.0 Å². The molecule has 3 heteroatoms. The Labute approximate surface area is 63.9 Å². The first-order chi connectivity index (χ1) is 5.42. The molecule has 0 N–H and O–H groups in total. The molecular formula is C8H7N2O. The van der Waals surface area contributed by atoms with Crippen molar-refractivity contribution in [2.75, 3.05) is 0 Å². The van der Waals surface area contributed by atoms with Crippen molar-refractivity contribution in [3.63, 3.8) is 0 Å². The van der Waals surface area contributed by atoms with Crippen molar-refractivity contribution in [2.45, 2.75) is 6.61 Å². The largest absolute Gasteiger partial charge is 0.241 e. The van der Waals surface area contributed by atoms with Crippen LogP contribution in [-0.4, -0.2) is 9.61 Å². The van der Waals surface area contributed by atoms with E-state index in [-0.39, 0.29) is 6.61 Å². The fourth-order valence-electron chi connectivity index (χ4n) is 1.13. The van der Waals surface area contributed by atoms with Gasteiger partial charge in [-0.05, 0) is 18.2 Å². The Morgan fingerprint density at radius 3 is 3.18 bits per heavy atom. The van der Waals surface area contributed by atoms with Crippen LogP contribution in [0.2, 0.25) is 0 Å². The smallest absolute Gasteiger partial charge is 0.109 e. The second-order valence-corrected chi connectivity index (χ2v) is 2.34. The van der Waals surface area contributed by atoms with Crippen molar-refractivity contribution in [3.05, 3.63) is 36.2 Å². The highest BCUT2D eigenvalue weighted by molar-refractivity contribution is 5.53. The van der Waals surface area contributed by atoms with Gasteiger partial charge in [-0.3, -0.25) is 0 Å². The van der Waals surface area contributed by atoms with E-state index in [0.29, 0.717) is 0 Å². The summed E-state index contributed by atoms with van der Waals surface area (Å²) in [5.74, 6) is 0. The van der Waals surface area contributed by atoms with Crippen LogP contribution >= 0.6 is 0 Å². The molecule has 0 spiro atoms. The number of rotatable bonds is 1. The Hall–Kier alpha value is -1.35. The molecule has 0 amide bonds. The molecule has 0 bridgehead atoms. The van der Waals surface area contributed by atoms with Crippen molar-refractivity contribution in [2.24, 2.45) is 0 Å². The Morgan fingerprint density at radius 1 is 1.45 bits per heavy atom. The maximum Gasteiger partial charge on any atom is 0.109 e. The molecule has 0 aliphatic heterocycles. The molecule has 0 aliphatic carbocycles. The van der Waals surface area contributed by atoms with Gasteiger partial charge < -0.3 is 0 Å². The molecule has 2 aromatic heterocycles. The summed E-state index contributed by atoms with van der Waals surface area (Å²) in [6.45, 7) is -0.184. The first kappa shape index (κ1) is 6.37. The van der Waals surface area contributed by atoms with Gasteiger partial charge in [-0.15, -0.1) is 0 Å². The third-order valence-corrected chi connectivity index (χ3v) is 1.68. The molecular weight excluding hydrogens is 140 g/mol. The average Bonchev–Trinajstić information content (AvgIpc) is 2.50. The first-order valence-corrected chi connectivity index (χ1v) is 3.41. The van der Waals surface area contributed by atoms with E-state index in [2.05, 4.69) is 5.10 Å². The predicted octanol–water partition coefficient (Wildman–Crippen LogP) is 1.26. The lowest BCUT2D eigenvalue weighted by atomic mass is 10.3. The van der Waals surface area contributed by atoms with E-state index in [1.165, 1.54) is 0 Å². The molecule has 11 heavy (non-hydrogen) atoms. The third-order valence-electron chi connectivity index (χ3n) is 1.68. The second kappa shape index (κ2) is 2.36. The summed E-state index contributed by atoms with van der Waals surface area (Å²) < 4.78 is 1.70. The molecule has 0 saturated carbocycles. The summed E-state index contributed by atoms with van der Waals surface area (Å²) in [6.07, 6.45) is 3.47. The van der Waals surface area contributed by atoms with Crippen LogP contribution in [0.15, 0.2) is 30.6 Å². The van der Waals surface area contributed by atoms with Crippen LogP contribution in [0, 0.1) is 0 Å². The predicted molar refractivity (Wildman–Crippen MR) is 39.6 cm³/mol. The van der Waals surface area contributed by atoms with Crippen LogP contribution in [0.5, 0.6) is 0 Å². The molecule has 0 aliphatic rings. The second-order valence-electron chi connectivity index (χ2n) is 2.34. The molecule has 0 aromatic carbocycles. The zero-order valence-corrected chi connectivity index (χ0v) is 5.90. The lowest BCUT2D eigenvalue weighted by molar-refractivity contribution is 0.178. The summed E-state index contributed by atoms with van der Waals surface area (Å²) in [5, 5.41) is 14.6. The summed E-state index contributed by atoms with van der Waals surface area (Å²) in [5.41, 5.74) is 1.70. The quantitative estimate of drug-likeness (QED) is 0.598. The van der Waals surface area contributed by atoms with Gasteiger partial charge >= 0.3 is 0 Å². The van der Waals surface area contributed by atoms with Gasteiger partial charge in [-0.2, -0.15) is 5.10 Å². The molecule has 0 unspecified atom stereocenters. The Balaban J connectivity index is 2.79. The van der Waals surface area contributed by atoms with Gasteiger partial charge in [-0.25, -0.2) is 9.62 Å². The topological polar surface area (TPSA) is 37.2 Å². The summed E-state index contributed by atoms with van der Waals surface area (Å²) in [7, 11) is 0. The van der Waals surface area contributed by atoms with Gasteiger partial charge in [0.05, 0.1) is 5.52 Å². The fourth-order valence-corrected chi connectivity index (χ4v) is 1.13. The number of aromatic nitrogens is 2. The molecule has 3 nitrogen and oxygen atoms in total.